The quantitative estimate of drug-likeness (QED) is 0.531. The third-order valence-electron chi connectivity index (χ3n) is 2.36. The number of anilines is 2. The summed E-state index contributed by atoms with van der Waals surface area (Å²) in [7, 11) is 0. The van der Waals surface area contributed by atoms with Crippen LogP contribution in [-0.2, 0) is 0 Å². The minimum atomic E-state index is -0.433. The van der Waals surface area contributed by atoms with Crippen molar-refractivity contribution in [1.82, 2.24) is 9.97 Å². The summed E-state index contributed by atoms with van der Waals surface area (Å²) in [6, 6.07) is 5.11. The Morgan fingerprint density at radius 1 is 1.32 bits per heavy atom. The van der Waals surface area contributed by atoms with Crippen molar-refractivity contribution in [3.8, 4) is 17.3 Å². The van der Waals surface area contributed by atoms with Crippen LogP contribution in [0.1, 0.15) is 5.56 Å². The van der Waals surface area contributed by atoms with Gasteiger partial charge in [0, 0.05) is 9.13 Å². The molecule has 5 nitrogen and oxygen atoms in total. The van der Waals surface area contributed by atoms with Gasteiger partial charge in [0.25, 0.3) is 0 Å². The molecule has 0 unspecified atom stereocenters. The van der Waals surface area contributed by atoms with E-state index in [1.165, 1.54) is 0 Å². The number of rotatable bonds is 1. The molecule has 0 radical (unpaired) electrons. The maximum Gasteiger partial charge on any atom is 0.222 e. The van der Waals surface area contributed by atoms with Crippen LogP contribution in [0, 0.1) is 20.7 Å². The average Bonchev–Trinajstić information content (AvgIpc) is 2.35. The lowest BCUT2D eigenvalue weighted by Gasteiger charge is -2.09. The smallest absolute Gasteiger partial charge is 0.222 e. The van der Waals surface area contributed by atoms with Gasteiger partial charge in [0.2, 0.25) is 5.95 Å². The number of nitrogen functional groups attached to an aromatic ring is 2. The van der Waals surface area contributed by atoms with E-state index in [1.54, 1.807) is 12.1 Å². The van der Waals surface area contributed by atoms with Gasteiger partial charge in [0.1, 0.15) is 17.5 Å². The van der Waals surface area contributed by atoms with E-state index >= 15 is 0 Å². The van der Waals surface area contributed by atoms with E-state index in [0.29, 0.717) is 9.13 Å². The molecule has 0 spiro atoms. The first-order chi connectivity index (χ1) is 8.95. The predicted molar refractivity (Wildman–Crippen MR) is 81.4 cm³/mol. The summed E-state index contributed by atoms with van der Waals surface area (Å²) < 4.78 is 14.5. The van der Waals surface area contributed by atoms with Crippen molar-refractivity contribution < 1.29 is 4.39 Å². The molecule has 4 N–H and O–H groups in total. The number of nitrogens with zero attached hydrogens (tertiary/aromatic N) is 3. The van der Waals surface area contributed by atoms with Crippen molar-refractivity contribution in [2.45, 2.75) is 0 Å². The highest BCUT2D eigenvalue weighted by atomic mass is 127. The Morgan fingerprint density at radius 2 is 2.00 bits per heavy atom. The Hall–Kier alpha value is -1.47. The van der Waals surface area contributed by atoms with Crippen molar-refractivity contribution in [3.05, 3.63) is 31.6 Å². The molecule has 0 aliphatic rings. The Balaban J connectivity index is 2.80. The molecule has 19 heavy (non-hydrogen) atoms. The van der Waals surface area contributed by atoms with Gasteiger partial charge in [-0.25, -0.2) is 9.37 Å². The summed E-state index contributed by atoms with van der Waals surface area (Å²) in [5.41, 5.74) is 11.8. The van der Waals surface area contributed by atoms with Gasteiger partial charge in [-0.15, -0.1) is 0 Å². The maximum absolute atomic E-state index is 13.9. The maximum atomic E-state index is 13.9. The van der Waals surface area contributed by atoms with Gasteiger partial charge in [-0.05, 0) is 44.6 Å². The third-order valence-corrected chi connectivity index (χ3v) is 3.96. The van der Waals surface area contributed by atoms with E-state index in [1.807, 2.05) is 28.7 Å². The lowest BCUT2D eigenvalue weighted by molar-refractivity contribution is 0.614. The van der Waals surface area contributed by atoms with Gasteiger partial charge in [-0.2, -0.15) is 10.2 Å². The largest absolute Gasteiger partial charge is 0.382 e. The highest BCUT2D eigenvalue weighted by molar-refractivity contribution is 14.1. The van der Waals surface area contributed by atoms with Crippen molar-refractivity contribution in [3.63, 3.8) is 0 Å². The second-order valence-corrected chi connectivity index (χ2v) is 5.48. The van der Waals surface area contributed by atoms with Gasteiger partial charge in [0.05, 0.1) is 10.2 Å². The van der Waals surface area contributed by atoms with E-state index < -0.39 is 5.82 Å². The summed E-state index contributed by atoms with van der Waals surface area (Å²) in [6.45, 7) is 0. The monoisotopic (exact) mass is 433 g/mol. The summed E-state index contributed by atoms with van der Waals surface area (Å²) in [4.78, 5) is 7.68. The number of hydrogen-bond donors (Lipinski definition) is 2. The molecule has 0 aliphatic carbocycles. The molecule has 2 aromatic rings. The van der Waals surface area contributed by atoms with Crippen LogP contribution in [-0.4, -0.2) is 9.97 Å². The lowest BCUT2D eigenvalue weighted by Crippen LogP contribution is -2.05. The Kier molecular flexibility index (Phi) is 3.86. The summed E-state index contributed by atoms with van der Waals surface area (Å²) in [5, 5.41) is 9.10. The van der Waals surface area contributed by atoms with Crippen LogP contribution in [0.4, 0.5) is 16.2 Å². The molecular formula is C11H6BrFIN5. The number of aromatic nitrogens is 2. The van der Waals surface area contributed by atoms with Crippen molar-refractivity contribution in [1.29, 1.82) is 5.26 Å². The Morgan fingerprint density at radius 3 is 2.63 bits per heavy atom. The molecule has 0 bridgehead atoms. The van der Waals surface area contributed by atoms with E-state index in [-0.39, 0.29) is 27.5 Å². The topological polar surface area (TPSA) is 102 Å². The molecule has 1 aromatic carbocycles. The molecular weight excluding hydrogens is 428 g/mol. The molecule has 96 valence electrons. The first kappa shape index (κ1) is 14.0. The average molecular weight is 434 g/mol. The van der Waals surface area contributed by atoms with Gasteiger partial charge >= 0.3 is 0 Å². The lowest BCUT2D eigenvalue weighted by atomic mass is 10.1. The van der Waals surface area contributed by atoms with Crippen LogP contribution in [0.5, 0.6) is 0 Å². The summed E-state index contributed by atoms with van der Waals surface area (Å²) >= 11 is 5.01. The summed E-state index contributed by atoms with van der Waals surface area (Å²) in [6.07, 6.45) is 0. The second kappa shape index (κ2) is 5.26. The van der Waals surface area contributed by atoms with Crippen LogP contribution >= 0.6 is 38.5 Å². The minimum Gasteiger partial charge on any atom is -0.382 e. The molecule has 0 atom stereocenters. The molecule has 0 aliphatic heterocycles. The van der Waals surface area contributed by atoms with Gasteiger partial charge < -0.3 is 11.5 Å². The van der Waals surface area contributed by atoms with Crippen LogP contribution in [0.15, 0.2) is 16.6 Å². The Bertz CT molecular complexity index is 713. The van der Waals surface area contributed by atoms with E-state index in [2.05, 4.69) is 25.9 Å². The standard InChI is InChI=1S/C11H6BrFIN5/c12-7-4(1-2-6(14)8(7)13)9-5(3-15)10(16)19-11(17)18-9/h1-2H,(H4,16,17,18,19). The molecule has 0 saturated heterocycles. The number of hydrogen-bond acceptors (Lipinski definition) is 5. The molecule has 8 heteroatoms. The van der Waals surface area contributed by atoms with E-state index in [9.17, 15) is 4.39 Å². The Labute approximate surface area is 130 Å². The zero-order valence-electron chi connectivity index (χ0n) is 9.28. The molecule has 2 rings (SSSR count). The zero-order chi connectivity index (χ0) is 14.2. The van der Waals surface area contributed by atoms with Crippen LogP contribution in [0.3, 0.4) is 0 Å². The third kappa shape index (κ3) is 2.48. The van der Waals surface area contributed by atoms with Gasteiger partial charge in [0.15, 0.2) is 5.82 Å². The highest BCUT2D eigenvalue weighted by Crippen LogP contribution is 2.34. The molecule has 1 aromatic heterocycles. The first-order valence-corrected chi connectivity index (χ1v) is 6.79. The first-order valence-electron chi connectivity index (χ1n) is 4.92. The predicted octanol–water partition coefficient (Wildman–Crippen LogP) is 2.69. The normalized spacial score (nSPS) is 10.2. The number of benzene rings is 1. The van der Waals surface area contributed by atoms with E-state index in [0.717, 1.165) is 0 Å². The molecule has 1 heterocycles. The zero-order valence-corrected chi connectivity index (χ0v) is 13.0. The van der Waals surface area contributed by atoms with Crippen molar-refractivity contribution in [2.75, 3.05) is 11.5 Å². The summed E-state index contributed by atoms with van der Waals surface area (Å²) in [5.74, 6) is -0.536. The van der Waals surface area contributed by atoms with Crippen LogP contribution in [0.2, 0.25) is 0 Å². The van der Waals surface area contributed by atoms with Crippen molar-refractivity contribution in [2.24, 2.45) is 0 Å². The fourth-order valence-electron chi connectivity index (χ4n) is 1.51. The van der Waals surface area contributed by atoms with Gasteiger partial charge in [-0.1, -0.05) is 6.07 Å². The molecule has 0 amide bonds. The molecule has 0 saturated carbocycles. The van der Waals surface area contributed by atoms with Crippen molar-refractivity contribution >= 4 is 50.3 Å². The molecule has 0 fully saturated rings. The van der Waals surface area contributed by atoms with Crippen LogP contribution in [0.25, 0.3) is 11.3 Å². The number of nitriles is 1. The highest BCUT2D eigenvalue weighted by Gasteiger charge is 2.18. The fourth-order valence-corrected chi connectivity index (χ4v) is 2.86. The van der Waals surface area contributed by atoms with E-state index in [4.69, 9.17) is 16.7 Å². The van der Waals surface area contributed by atoms with Gasteiger partial charge in [-0.3, -0.25) is 0 Å². The van der Waals surface area contributed by atoms with Crippen LogP contribution < -0.4 is 11.5 Å². The number of nitrogens with two attached hydrogens (primary N) is 2. The minimum absolute atomic E-state index is 0.0316. The fraction of sp³-hybridized carbons (Fsp3) is 0. The SMILES string of the molecule is N#Cc1c(N)nc(N)nc1-c1ccc(I)c(F)c1Br. The number of halogens is 3. The second-order valence-electron chi connectivity index (χ2n) is 3.53.